The standard InChI is InChI=1S/C17H21NO3/c19-17(21-14-7-9-20-10-8-14)18-11-13-3-1-2-4-15(13)16(18)12-5-6-12/h1-4,12,14,16H,5-11H2/t16-/m0/s1. The molecule has 0 radical (unpaired) electrons. The summed E-state index contributed by atoms with van der Waals surface area (Å²) in [5.74, 6) is 0.621. The van der Waals surface area contributed by atoms with Crippen LogP contribution in [0.3, 0.4) is 0 Å². The first-order valence-electron chi connectivity index (χ1n) is 7.96. The lowest BCUT2D eigenvalue weighted by molar-refractivity contribution is -0.0148. The summed E-state index contributed by atoms with van der Waals surface area (Å²) < 4.78 is 11.0. The molecule has 1 aromatic rings. The summed E-state index contributed by atoms with van der Waals surface area (Å²) in [5, 5.41) is 0. The highest BCUT2D eigenvalue weighted by molar-refractivity contribution is 5.70. The molecule has 112 valence electrons. The molecule has 1 atom stereocenters. The summed E-state index contributed by atoms with van der Waals surface area (Å²) >= 11 is 0. The average Bonchev–Trinajstić information content (AvgIpc) is 3.28. The molecule has 1 saturated carbocycles. The van der Waals surface area contributed by atoms with Crippen LogP contribution in [-0.2, 0) is 16.0 Å². The predicted molar refractivity (Wildman–Crippen MR) is 77.8 cm³/mol. The molecule has 1 amide bonds. The normalized spacial score (nSPS) is 25.7. The van der Waals surface area contributed by atoms with Crippen LogP contribution in [0.5, 0.6) is 0 Å². The van der Waals surface area contributed by atoms with Crippen LogP contribution in [0.15, 0.2) is 24.3 Å². The van der Waals surface area contributed by atoms with Crippen molar-refractivity contribution >= 4 is 6.09 Å². The summed E-state index contributed by atoms with van der Waals surface area (Å²) in [7, 11) is 0. The zero-order chi connectivity index (χ0) is 14.2. The maximum atomic E-state index is 12.6. The molecule has 2 aliphatic heterocycles. The first kappa shape index (κ1) is 13.1. The molecule has 1 aromatic carbocycles. The lowest BCUT2D eigenvalue weighted by atomic mass is 10.0. The van der Waals surface area contributed by atoms with Crippen LogP contribution >= 0.6 is 0 Å². The van der Waals surface area contributed by atoms with E-state index in [1.807, 2.05) is 4.90 Å². The van der Waals surface area contributed by atoms with Crippen molar-refractivity contribution in [1.82, 2.24) is 4.90 Å². The van der Waals surface area contributed by atoms with Crippen LogP contribution in [0, 0.1) is 5.92 Å². The van der Waals surface area contributed by atoms with Gasteiger partial charge in [-0.3, -0.25) is 4.90 Å². The highest BCUT2D eigenvalue weighted by atomic mass is 16.6. The smallest absolute Gasteiger partial charge is 0.410 e. The Balaban J connectivity index is 1.50. The molecule has 1 saturated heterocycles. The summed E-state index contributed by atoms with van der Waals surface area (Å²) in [6.45, 7) is 2.09. The van der Waals surface area contributed by atoms with Crippen molar-refractivity contribution < 1.29 is 14.3 Å². The second-order valence-electron chi connectivity index (χ2n) is 6.30. The van der Waals surface area contributed by atoms with E-state index in [1.54, 1.807) is 0 Å². The maximum Gasteiger partial charge on any atom is 0.410 e. The van der Waals surface area contributed by atoms with Gasteiger partial charge in [-0.05, 0) is 29.9 Å². The fraction of sp³-hybridized carbons (Fsp3) is 0.588. The fourth-order valence-electron chi connectivity index (χ4n) is 3.52. The van der Waals surface area contributed by atoms with Crippen LogP contribution < -0.4 is 0 Å². The van der Waals surface area contributed by atoms with Gasteiger partial charge in [-0.1, -0.05) is 24.3 Å². The number of carbonyl (C=O) groups is 1. The number of carbonyl (C=O) groups excluding carboxylic acids is 1. The van der Waals surface area contributed by atoms with Gasteiger partial charge >= 0.3 is 6.09 Å². The second kappa shape index (κ2) is 5.34. The lowest BCUT2D eigenvalue weighted by Crippen LogP contribution is -2.35. The minimum Gasteiger partial charge on any atom is -0.446 e. The number of hydrogen-bond donors (Lipinski definition) is 0. The topological polar surface area (TPSA) is 38.8 Å². The summed E-state index contributed by atoms with van der Waals surface area (Å²) in [6, 6.07) is 8.65. The van der Waals surface area contributed by atoms with Crippen LogP contribution in [0.1, 0.15) is 42.9 Å². The van der Waals surface area contributed by atoms with Gasteiger partial charge < -0.3 is 9.47 Å². The number of rotatable bonds is 2. The number of benzene rings is 1. The molecule has 0 unspecified atom stereocenters. The van der Waals surface area contributed by atoms with Crippen molar-refractivity contribution in [3.05, 3.63) is 35.4 Å². The zero-order valence-corrected chi connectivity index (χ0v) is 12.2. The van der Waals surface area contributed by atoms with Gasteiger partial charge in [0, 0.05) is 19.4 Å². The van der Waals surface area contributed by atoms with Crippen molar-refractivity contribution in [2.24, 2.45) is 5.92 Å². The van der Waals surface area contributed by atoms with Crippen LogP contribution in [0.25, 0.3) is 0 Å². The van der Waals surface area contributed by atoms with Crippen molar-refractivity contribution in [2.75, 3.05) is 13.2 Å². The first-order chi connectivity index (χ1) is 10.3. The van der Waals surface area contributed by atoms with Crippen LogP contribution in [0.4, 0.5) is 4.79 Å². The van der Waals surface area contributed by atoms with Gasteiger partial charge in [0.2, 0.25) is 0 Å². The quantitative estimate of drug-likeness (QED) is 0.838. The molecular weight excluding hydrogens is 266 g/mol. The van der Waals surface area contributed by atoms with Crippen molar-refractivity contribution in [3.8, 4) is 0 Å². The Morgan fingerprint density at radius 2 is 1.90 bits per heavy atom. The third kappa shape index (κ3) is 2.53. The zero-order valence-electron chi connectivity index (χ0n) is 12.2. The maximum absolute atomic E-state index is 12.6. The van der Waals surface area contributed by atoms with Gasteiger partial charge in [-0.15, -0.1) is 0 Å². The Morgan fingerprint density at radius 1 is 1.14 bits per heavy atom. The van der Waals surface area contributed by atoms with Crippen molar-refractivity contribution in [2.45, 2.75) is 44.4 Å². The minimum atomic E-state index is -0.144. The average molecular weight is 287 g/mol. The molecule has 3 aliphatic rings. The van der Waals surface area contributed by atoms with Gasteiger partial charge in [0.25, 0.3) is 0 Å². The Hall–Kier alpha value is -1.55. The van der Waals surface area contributed by atoms with E-state index in [-0.39, 0.29) is 18.2 Å². The van der Waals surface area contributed by atoms with Gasteiger partial charge in [-0.2, -0.15) is 0 Å². The molecule has 1 aliphatic carbocycles. The first-order valence-corrected chi connectivity index (χ1v) is 7.96. The van der Waals surface area contributed by atoms with Gasteiger partial charge in [0.05, 0.1) is 19.3 Å². The SMILES string of the molecule is O=C(OC1CCOCC1)N1Cc2ccccc2[C@@H]1C1CC1. The highest BCUT2D eigenvalue weighted by Crippen LogP contribution is 2.49. The molecule has 4 rings (SSSR count). The van der Waals surface area contributed by atoms with Gasteiger partial charge in [-0.25, -0.2) is 4.79 Å². The molecule has 2 fully saturated rings. The minimum absolute atomic E-state index is 0.0230. The molecule has 0 aromatic heterocycles. The van der Waals surface area contributed by atoms with E-state index in [1.165, 1.54) is 24.0 Å². The molecule has 0 bridgehead atoms. The largest absolute Gasteiger partial charge is 0.446 e. The van der Waals surface area contributed by atoms with Crippen molar-refractivity contribution in [3.63, 3.8) is 0 Å². The Kier molecular flexibility index (Phi) is 3.34. The van der Waals surface area contributed by atoms with E-state index < -0.39 is 0 Å². The molecular formula is C17H21NO3. The molecule has 4 nitrogen and oxygen atoms in total. The van der Waals surface area contributed by atoms with E-state index in [4.69, 9.17) is 9.47 Å². The van der Waals surface area contributed by atoms with Crippen LogP contribution in [0.2, 0.25) is 0 Å². The molecule has 0 N–H and O–H groups in total. The fourth-order valence-corrected chi connectivity index (χ4v) is 3.52. The summed E-state index contributed by atoms with van der Waals surface area (Å²) in [6.07, 6.45) is 3.96. The summed E-state index contributed by atoms with van der Waals surface area (Å²) in [4.78, 5) is 14.5. The number of ether oxygens (including phenoxy) is 2. The van der Waals surface area contributed by atoms with E-state index >= 15 is 0 Å². The van der Waals surface area contributed by atoms with Crippen molar-refractivity contribution in [1.29, 1.82) is 0 Å². The highest BCUT2D eigenvalue weighted by Gasteiger charge is 2.44. The number of hydrogen-bond acceptors (Lipinski definition) is 3. The predicted octanol–water partition coefficient (Wildman–Crippen LogP) is 3.27. The third-order valence-electron chi connectivity index (χ3n) is 4.79. The lowest BCUT2D eigenvalue weighted by Gasteiger charge is -2.28. The van der Waals surface area contributed by atoms with Gasteiger partial charge in [0.15, 0.2) is 0 Å². The molecule has 21 heavy (non-hydrogen) atoms. The Bertz CT molecular complexity index is 535. The monoisotopic (exact) mass is 287 g/mol. The number of fused-ring (bicyclic) bond motifs is 1. The molecule has 2 heterocycles. The van der Waals surface area contributed by atoms with E-state index in [9.17, 15) is 4.79 Å². The second-order valence-corrected chi connectivity index (χ2v) is 6.30. The molecule has 0 spiro atoms. The van der Waals surface area contributed by atoms with Crippen LogP contribution in [-0.4, -0.2) is 30.3 Å². The Morgan fingerprint density at radius 3 is 2.67 bits per heavy atom. The molecule has 4 heteroatoms. The van der Waals surface area contributed by atoms with Gasteiger partial charge in [0.1, 0.15) is 6.10 Å². The van der Waals surface area contributed by atoms with E-state index in [0.717, 1.165) is 12.8 Å². The van der Waals surface area contributed by atoms with E-state index in [2.05, 4.69) is 24.3 Å². The summed E-state index contributed by atoms with van der Waals surface area (Å²) in [5.41, 5.74) is 2.60. The Labute approximate surface area is 125 Å². The number of amides is 1. The third-order valence-corrected chi connectivity index (χ3v) is 4.79. The van der Waals surface area contributed by atoms with E-state index in [0.29, 0.717) is 25.7 Å². The number of nitrogens with zero attached hydrogens (tertiary/aromatic N) is 1.